The van der Waals surface area contributed by atoms with E-state index in [0.717, 1.165) is 44.0 Å². The number of rotatable bonds is 4. The topological polar surface area (TPSA) is 70.6 Å². The van der Waals surface area contributed by atoms with Crippen molar-refractivity contribution >= 4 is 11.8 Å². The molecule has 2 saturated heterocycles. The fraction of sp³-hybridized carbons (Fsp3) is 0.706. The SMILES string of the molecule is O=C(NCC1CCCO1)N1CCN(c2ccc(C3CC3)nn2)CC1. The van der Waals surface area contributed by atoms with Gasteiger partial charge in [-0.1, -0.05) is 0 Å². The van der Waals surface area contributed by atoms with E-state index in [1.165, 1.54) is 12.8 Å². The Kier molecular flexibility index (Phi) is 4.51. The molecule has 3 aliphatic rings. The van der Waals surface area contributed by atoms with Gasteiger partial charge in [0.25, 0.3) is 0 Å². The molecule has 1 aromatic rings. The largest absolute Gasteiger partial charge is 0.376 e. The minimum absolute atomic E-state index is 0.0142. The van der Waals surface area contributed by atoms with Crippen LogP contribution in [-0.4, -0.2) is 66.6 Å². The Labute approximate surface area is 142 Å². The maximum absolute atomic E-state index is 12.2. The number of nitrogens with zero attached hydrogens (tertiary/aromatic N) is 4. The number of aromatic nitrogens is 2. The molecule has 0 bridgehead atoms. The molecule has 2 amide bonds. The third-order valence-corrected chi connectivity index (χ3v) is 5.06. The van der Waals surface area contributed by atoms with Gasteiger partial charge in [-0.3, -0.25) is 0 Å². The molecule has 1 unspecified atom stereocenters. The minimum Gasteiger partial charge on any atom is -0.376 e. The lowest BCUT2D eigenvalue weighted by Gasteiger charge is -2.35. The van der Waals surface area contributed by atoms with E-state index in [2.05, 4.69) is 32.5 Å². The van der Waals surface area contributed by atoms with E-state index in [9.17, 15) is 4.79 Å². The minimum atomic E-state index is 0.0142. The van der Waals surface area contributed by atoms with Crippen molar-refractivity contribution in [1.82, 2.24) is 20.4 Å². The molecule has 0 spiro atoms. The normalized spacial score (nSPS) is 24.2. The summed E-state index contributed by atoms with van der Waals surface area (Å²) in [5.41, 5.74) is 1.12. The van der Waals surface area contributed by atoms with Crippen LogP contribution in [0.4, 0.5) is 10.6 Å². The Bertz CT molecular complexity index is 561. The van der Waals surface area contributed by atoms with Crippen LogP contribution in [0, 0.1) is 0 Å². The second-order valence-electron chi connectivity index (χ2n) is 6.89. The lowest BCUT2D eigenvalue weighted by atomic mass is 10.2. The molecule has 0 aromatic carbocycles. The molecule has 24 heavy (non-hydrogen) atoms. The van der Waals surface area contributed by atoms with Crippen molar-refractivity contribution in [2.24, 2.45) is 0 Å². The van der Waals surface area contributed by atoms with Crippen molar-refractivity contribution in [3.63, 3.8) is 0 Å². The van der Waals surface area contributed by atoms with Gasteiger partial charge in [0.15, 0.2) is 5.82 Å². The van der Waals surface area contributed by atoms with Crippen molar-refractivity contribution in [3.05, 3.63) is 17.8 Å². The van der Waals surface area contributed by atoms with Crippen LogP contribution in [-0.2, 0) is 4.74 Å². The molecule has 7 nitrogen and oxygen atoms in total. The molecule has 0 radical (unpaired) electrons. The third-order valence-electron chi connectivity index (χ3n) is 5.06. The molecule has 3 fully saturated rings. The molecular formula is C17H25N5O2. The molecule has 1 saturated carbocycles. The second kappa shape index (κ2) is 6.93. The van der Waals surface area contributed by atoms with Crippen LogP contribution in [0.15, 0.2) is 12.1 Å². The summed E-state index contributed by atoms with van der Waals surface area (Å²) in [7, 11) is 0. The fourth-order valence-corrected chi connectivity index (χ4v) is 3.36. The zero-order valence-corrected chi connectivity index (χ0v) is 14.0. The van der Waals surface area contributed by atoms with Crippen LogP contribution in [0.3, 0.4) is 0 Å². The molecule has 130 valence electrons. The number of ether oxygens (including phenoxy) is 1. The summed E-state index contributed by atoms with van der Waals surface area (Å²) in [4.78, 5) is 16.3. The summed E-state index contributed by atoms with van der Waals surface area (Å²) in [5.74, 6) is 1.55. The highest BCUT2D eigenvalue weighted by atomic mass is 16.5. The zero-order valence-electron chi connectivity index (χ0n) is 14.0. The molecule has 2 aliphatic heterocycles. The van der Waals surface area contributed by atoms with Crippen molar-refractivity contribution in [2.75, 3.05) is 44.2 Å². The van der Waals surface area contributed by atoms with Crippen molar-refractivity contribution in [3.8, 4) is 0 Å². The van der Waals surface area contributed by atoms with Gasteiger partial charge in [0.05, 0.1) is 11.8 Å². The Morgan fingerprint density at radius 3 is 2.62 bits per heavy atom. The number of nitrogens with one attached hydrogen (secondary N) is 1. The number of urea groups is 1. The van der Waals surface area contributed by atoms with Gasteiger partial charge < -0.3 is 19.9 Å². The second-order valence-corrected chi connectivity index (χ2v) is 6.89. The van der Waals surface area contributed by atoms with E-state index in [1.807, 2.05) is 4.90 Å². The van der Waals surface area contributed by atoms with Gasteiger partial charge in [-0.2, -0.15) is 5.10 Å². The lowest BCUT2D eigenvalue weighted by molar-refractivity contribution is 0.108. The van der Waals surface area contributed by atoms with Gasteiger partial charge in [0.2, 0.25) is 0 Å². The van der Waals surface area contributed by atoms with Crippen molar-refractivity contribution < 1.29 is 9.53 Å². The molecule has 3 heterocycles. The van der Waals surface area contributed by atoms with Gasteiger partial charge in [-0.15, -0.1) is 5.10 Å². The average molecular weight is 331 g/mol. The predicted molar refractivity (Wildman–Crippen MR) is 90.2 cm³/mol. The van der Waals surface area contributed by atoms with Crippen LogP contribution in [0.2, 0.25) is 0 Å². The maximum Gasteiger partial charge on any atom is 0.317 e. The predicted octanol–water partition coefficient (Wildman–Crippen LogP) is 1.36. The molecule has 1 atom stereocenters. The van der Waals surface area contributed by atoms with Crippen LogP contribution in [0.5, 0.6) is 0 Å². The molecule has 1 aliphatic carbocycles. The highest BCUT2D eigenvalue weighted by Crippen LogP contribution is 2.38. The first kappa shape index (κ1) is 15.6. The standard InChI is InChI=1S/C17H25N5O2/c23-17(18-12-14-2-1-11-24-14)22-9-7-21(8-10-22)16-6-5-15(19-20-16)13-3-4-13/h5-6,13-14H,1-4,7-12H2,(H,18,23). The average Bonchev–Trinajstić information content (AvgIpc) is 3.36. The molecule has 1 N–H and O–H groups in total. The van der Waals surface area contributed by atoms with Crippen LogP contribution < -0.4 is 10.2 Å². The van der Waals surface area contributed by atoms with E-state index in [4.69, 9.17) is 4.74 Å². The molecule has 7 heteroatoms. The Hall–Kier alpha value is -1.89. The summed E-state index contributed by atoms with van der Waals surface area (Å²) in [6, 6.07) is 4.18. The zero-order chi connectivity index (χ0) is 16.4. The number of hydrogen-bond acceptors (Lipinski definition) is 5. The van der Waals surface area contributed by atoms with Crippen molar-refractivity contribution in [2.45, 2.75) is 37.7 Å². The van der Waals surface area contributed by atoms with E-state index in [-0.39, 0.29) is 12.1 Å². The van der Waals surface area contributed by atoms with Gasteiger partial charge in [-0.25, -0.2) is 4.79 Å². The summed E-state index contributed by atoms with van der Waals surface area (Å²) in [5, 5.41) is 11.7. The lowest BCUT2D eigenvalue weighted by Crippen LogP contribution is -2.52. The summed E-state index contributed by atoms with van der Waals surface area (Å²) in [6.07, 6.45) is 4.82. The molecule has 4 rings (SSSR count). The number of amides is 2. The van der Waals surface area contributed by atoms with E-state index in [0.29, 0.717) is 25.6 Å². The Balaban J connectivity index is 1.24. The highest BCUT2D eigenvalue weighted by molar-refractivity contribution is 5.74. The molecular weight excluding hydrogens is 306 g/mol. The summed E-state index contributed by atoms with van der Waals surface area (Å²) < 4.78 is 5.54. The van der Waals surface area contributed by atoms with Crippen LogP contribution in [0.25, 0.3) is 0 Å². The number of anilines is 1. The van der Waals surface area contributed by atoms with Crippen LogP contribution >= 0.6 is 0 Å². The third kappa shape index (κ3) is 3.61. The van der Waals surface area contributed by atoms with E-state index in [1.54, 1.807) is 0 Å². The Morgan fingerprint density at radius 1 is 1.17 bits per heavy atom. The quantitative estimate of drug-likeness (QED) is 0.902. The maximum atomic E-state index is 12.2. The smallest absolute Gasteiger partial charge is 0.317 e. The van der Waals surface area contributed by atoms with E-state index < -0.39 is 0 Å². The number of carbonyl (C=O) groups is 1. The monoisotopic (exact) mass is 331 g/mol. The van der Waals surface area contributed by atoms with Crippen molar-refractivity contribution in [1.29, 1.82) is 0 Å². The van der Waals surface area contributed by atoms with Crippen LogP contribution in [0.1, 0.15) is 37.3 Å². The molecule has 1 aromatic heterocycles. The summed E-state index contributed by atoms with van der Waals surface area (Å²) in [6.45, 7) is 4.45. The van der Waals surface area contributed by atoms with Gasteiger partial charge in [0.1, 0.15) is 0 Å². The number of carbonyl (C=O) groups excluding carboxylic acids is 1. The first-order valence-electron chi connectivity index (χ1n) is 9.02. The van der Waals surface area contributed by atoms with Gasteiger partial charge >= 0.3 is 6.03 Å². The summed E-state index contributed by atoms with van der Waals surface area (Å²) >= 11 is 0. The highest BCUT2D eigenvalue weighted by Gasteiger charge is 2.26. The van der Waals surface area contributed by atoms with Gasteiger partial charge in [-0.05, 0) is 37.8 Å². The first-order chi connectivity index (χ1) is 11.8. The number of hydrogen-bond donors (Lipinski definition) is 1. The number of piperazine rings is 1. The Morgan fingerprint density at radius 2 is 2.00 bits per heavy atom. The van der Waals surface area contributed by atoms with E-state index >= 15 is 0 Å². The fourth-order valence-electron chi connectivity index (χ4n) is 3.36. The first-order valence-corrected chi connectivity index (χ1v) is 9.02. The van der Waals surface area contributed by atoms with Gasteiger partial charge in [0, 0.05) is 45.2 Å².